The third-order valence-electron chi connectivity index (χ3n) is 7.63. The van der Waals surface area contributed by atoms with Gasteiger partial charge in [-0.25, -0.2) is 18.6 Å². The molecular formula is C30H25F8N5O4. The number of alkyl halides is 6. The summed E-state index contributed by atoms with van der Waals surface area (Å²) in [5, 5.41) is 2.18. The largest absolute Gasteiger partial charge is 0.467 e. The highest BCUT2D eigenvalue weighted by molar-refractivity contribution is 5.97. The van der Waals surface area contributed by atoms with Crippen molar-refractivity contribution in [1.29, 1.82) is 0 Å². The van der Waals surface area contributed by atoms with Crippen molar-refractivity contribution in [3.05, 3.63) is 82.9 Å². The van der Waals surface area contributed by atoms with Gasteiger partial charge in [-0.3, -0.25) is 9.78 Å². The molecule has 47 heavy (non-hydrogen) atoms. The van der Waals surface area contributed by atoms with Crippen LogP contribution in [0.3, 0.4) is 0 Å². The standard InChI is InChI=1S/C30H25F8N5O4/c1-15-5-6-39-25(24(15)30(36,37)38)18-4-3-16(43-8-7-40-26(18)43)13-21(28(45)46-2)41-27(44)23-19(31)11-17(12-20(23)32)42-9-10-47-14-22(42)29(33,34)35/h3-8,11-12,21-22H,9-10,13-14H2,1-2H3,(H,41,44)/t21-,22+/m0/s1. The van der Waals surface area contributed by atoms with Crippen molar-refractivity contribution in [2.24, 2.45) is 0 Å². The summed E-state index contributed by atoms with van der Waals surface area (Å²) in [6.07, 6.45) is -5.97. The van der Waals surface area contributed by atoms with Crippen molar-refractivity contribution in [3.63, 3.8) is 0 Å². The number of imidazole rings is 1. The number of fused-ring (bicyclic) bond motifs is 1. The number of anilines is 1. The van der Waals surface area contributed by atoms with E-state index in [9.17, 15) is 35.9 Å². The number of carbonyl (C=O) groups is 2. The number of morpholine rings is 1. The highest BCUT2D eigenvalue weighted by atomic mass is 19.4. The van der Waals surface area contributed by atoms with Crippen LogP contribution in [0.5, 0.6) is 0 Å². The number of nitrogens with zero attached hydrogens (tertiary/aromatic N) is 4. The van der Waals surface area contributed by atoms with E-state index in [1.165, 1.54) is 48.1 Å². The highest BCUT2D eigenvalue weighted by Gasteiger charge is 2.46. The number of benzene rings is 1. The number of methoxy groups -OCH3 is 1. The molecular weight excluding hydrogens is 646 g/mol. The van der Waals surface area contributed by atoms with Crippen LogP contribution in [0.25, 0.3) is 16.9 Å². The first-order chi connectivity index (χ1) is 22.1. The Morgan fingerprint density at radius 3 is 2.40 bits per heavy atom. The third kappa shape index (κ3) is 6.70. The highest BCUT2D eigenvalue weighted by Crippen LogP contribution is 2.39. The number of aromatic nitrogens is 3. The van der Waals surface area contributed by atoms with Gasteiger partial charge in [-0.05, 0) is 42.8 Å². The summed E-state index contributed by atoms with van der Waals surface area (Å²) in [5.41, 5.74) is -2.75. The predicted octanol–water partition coefficient (Wildman–Crippen LogP) is 5.28. The maximum absolute atomic E-state index is 15.2. The maximum atomic E-state index is 15.2. The van der Waals surface area contributed by atoms with Crippen LogP contribution in [0.15, 0.2) is 48.9 Å². The number of halogens is 8. The third-order valence-corrected chi connectivity index (χ3v) is 7.63. The fourth-order valence-electron chi connectivity index (χ4n) is 5.44. The SMILES string of the molecule is COC(=O)[C@H](Cc1ccc(-c2nccc(C)c2C(F)(F)F)c2nccn12)NC(=O)c1c(F)cc(N2CCOC[C@@H]2C(F)(F)F)cc1F. The fraction of sp³-hybridized carbons (Fsp3) is 0.333. The van der Waals surface area contributed by atoms with E-state index in [1.807, 2.05) is 0 Å². The zero-order chi connectivity index (χ0) is 34.3. The zero-order valence-electron chi connectivity index (χ0n) is 24.5. The molecule has 1 saturated heterocycles. The lowest BCUT2D eigenvalue weighted by Gasteiger charge is -2.38. The summed E-state index contributed by atoms with van der Waals surface area (Å²) >= 11 is 0. The molecule has 5 rings (SSSR count). The Morgan fingerprint density at radius 2 is 1.77 bits per heavy atom. The molecule has 1 aliphatic rings. The van der Waals surface area contributed by atoms with Crippen LogP contribution < -0.4 is 10.2 Å². The molecule has 9 nitrogen and oxygen atoms in total. The lowest BCUT2D eigenvalue weighted by atomic mass is 10.0. The van der Waals surface area contributed by atoms with Crippen molar-refractivity contribution in [2.45, 2.75) is 37.8 Å². The number of aryl methyl sites for hydroxylation is 1. The molecule has 17 heteroatoms. The molecule has 4 aromatic rings. The van der Waals surface area contributed by atoms with Gasteiger partial charge in [-0.15, -0.1) is 0 Å². The molecule has 0 bridgehead atoms. The Bertz CT molecular complexity index is 1800. The minimum absolute atomic E-state index is 0.0192. The van der Waals surface area contributed by atoms with Crippen molar-refractivity contribution in [3.8, 4) is 11.3 Å². The van der Waals surface area contributed by atoms with Gasteiger partial charge in [-0.1, -0.05) is 0 Å². The molecule has 3 aromatic heterocycles. The summed E-state index contributed by atoms with van der Waals surface area (Å²) in [6.45, 7) is 0.0782. The quantitative estimate of drug-likeness (QED) is 0.211. The molecule has 4 heterocycles. The Labute approximate surface area is 261 Å². The van der Waals surface area contributed by atoms with Crippen molar-refractivity contribution >= 4 is 23.2 Å². The molecule has 0 radical (unpaired) electrons. The number of carbonyl (C=O) groups excluding carboxylic acids is 2. The van der Waals surface area contributed by atoms with Gasteiger partial charge in [0.2, 0.25) is 0 Å². The first kappa shape index (κ1) is 33.6. The van der Waals surface area contributed by atoms with E-state index in [-0.39, 0.29) is 47.7 Å². The number of rotatable bonds is 7. The van der Waals surface area contributed by atoms with Crippen LogP contribution in [0.1, 0.15) is 27.2 Å². The fourth-order valence-corrected chi connectivity index (χ4v) is 5.44. The minimum Gasteiger partial charge on any atom is -0.467 e. The van der Waals surface area contributed by atoms with E-state index < -0.39 is 71.4 Å². The molecule has 0 unspecified atom stereocenters. The van der Waals surface area contributed by atoms with Gasteiger partial charge in [0.1, 0.15) is 34.9 Å². The summed E-state index contributed by atoms with van der Waals surface area (Å²) < 4.78 is 124. The average molecular weight is 672 g/mol. The first-order valence-electron chi connectivity index (χ1n) is 13.9. The zero-order valence-corrected chi connectivity index (χ0v) is 24.5. The van der Waals surface area contributed by atoms with E-state index in [4.69, 9.17) is 9.47 Å². The Kier molecular flexibility index (Phi) is 9.12. The molecule has 1 N–H and O–H groups in total. The van der Waals surface area contributed by atoms with Gasteiger partial charge in [0.05, 0.1) is 31.6 Å². The lowest BCUT2D eigenvalue weighted by molar-refractivity contribution is -0.167. The number of hydrogen-bond acceptors (Lipinski definition) is 7. The molecule has 0 spiro atoms. The molecule has 0 aliphatic carbocycles. The van der Waals surface area contributed by atoms with E-state index in [0.717, 1.165) is 12.0 Å². The second kappa shape index (κ2) is 12.8. The van der Waals surface area contributed by atoms with Gasteiger partial charge in [0.25, 0.3) is 5.91 Å². The maximum Gasteiger partial charge on any atom is 0.418 e. The molecule has 1 fully saturated rings. The summed E-state index contributed by atoms with van der Waals surface area (Å²) in [7, 11) is 0.995. The van der Waals surface area contributed by atoms with Crippen LogP contribution in [0, 0.1) is 18.6 Å². The molecule has 0 saturated carbocycles. The second-order valence-electron chi connectivity index (χ2n) is 10.6. The van der Waals surface area contributed by atoms with Gasteiger partial charge < -0.3 is 24.1 Å². The number of amides is 1. The van der Waals surface area contributed by atoms with E-state index in [0.29, 0.717) is 12.1 Å². The Balaban J connectivity index is 1.45. The number of hydrogen-bond donors (Lipinski definition) is 1. The van der Waals surface area contributed by atoms with Crippen LogP contribution in [0.4, 0.5) is 40.8 Å². The van der Waals surface area contributed by atoms with Crippen LogP contribution >= 0.6 is 0 Å². The molecule has 1 amide bonds. The smallest absolute Gasteiger partial charge is 0.418 e. The minimum atomic E-state index is -4.77. The van der Waals surface area contributed by atoms with Crippen LogP contribution in [-0.2, 0) is 26.9 Å². The molecule has 1 aromatic carbocycles. The predicted molar refractivity (Wildman–Crippen MR) is 150 cm³/mol. The Morgan fingerprint density at radius 1 is 1.06 bits per heavy atom. The van der Waals surface area contributed by atoms with E-state index in [1.54, 1.807) is 0 Å². The monoisotopic (exact) mass is 671 g/mol. The topological polar surface area (TPSA) is 98.1 Å². The number of nitrogens with one attached hydrogen (secondary N) is 1. The Hall–Kier alpha value is -4.80. The van der Waals surface area contributed by atoms with Gasteiger partial charge in [0.15, 0.2) is 0 Å². The van der Waals surface area contributed by atoms with Crippen LogP contribution in [0.2, 0.25) is 0 Å². The molecule has 1 aliphatic heterocycles. The van der Waals surface area contributed by atoms with Crippen LogP contribution in [-0.4, -0.2) is 71.4 Å². The van der Waals surface area contributed by atoms with Gasteiger partial charge >= 0.3 is 18.3 Å². The average Bonchev–Trinajstić information content (AvgIpc) is 3.49. The van der Waals surface area contributed by atoms with Crippen molar-refractivity contribution in [1.82, 2.24) is 19.7 Å². The second-order valence-corrected chi connectivity index (χ2v) is 10.6. The van der Waals surface area contributed by atoms with Gasteiger partial charge in [-0.2, -0.15) is 26.3 Å². The number of ether oxygens (including phenoxy) is 2. The normalized spacial score (nSPS) is 16.3. The summed E-state index contributed by atoms with van der Waals surface area (Å²) in [6, 6.07) is 1.31. The first-order valence-corrected chi connectivity index (χ1v) is 13.9. The van der Waals surface area contributed by atoms with Crippen molar-refractivity contribution < 1.29 is 54.2 Å². The summed E-state index contributed by atoms with van der Waals surface area (Å²) in [5.74, 6) is -5.41. The van der Waals surface area contributed by atoms with Gasteiger partial charge in [0, 0.05) is 48.5 Å². The summed E-state index contributed by atoms with van der Waals surface area (Å²) in [4.78, 5) is 34.6. The number of pyridine rings is 2. The van der Waals surface area contributed by atoms with Crippen molar-refractivity contribution in [2.75, 3.05) is 31.8 Å². The molecule has 2 atom stereocenters. The number of esters is 1. The lowest BCUT2D eigenvalue weighted by Crippen LogP contribution is -2.53. The van der Waals surface area contributed by atoms with E-state index >= 15 is 8.78 Å². The molecule has 250 valence electrons. The van der Waals surface area contributed by atoms with E-state index in [2.05, 4.69) is 15.3 Å².